The number of amides is 1. The van der Waals surface area contributed by atoms with E-state index in [2.05, 4.69) is 25.3 Å². The number of hydrogen-bond donors (Lipinski definition) is 2. The van der Waals surface area contributed by atoms with Crippen LogP contribution in [-0.2, 0) is 6.42 Å². The number of piperidine rings is 1. The maximum Gasteiger partial charge on any atom is 0.253 e. The second-order valence-electron chi connectivity index (χ2n) is 9.64. The van der Waals surface area contributed by atoms with Gasteiger partial charge in [-0.2, -0.15) is 0 Å². The molecule has 0 radical (unpaired) electrons. The molecular weight excluding hydrogens is 525 g/mol. The molecule has 1 saturated heterocycles. The fourth-order valence-corrected chi connectivity index (χ4v) is 4.82. The molecule has 2 N–H and O–H groups in total. The highest BCUT2D eigenvalue weighted by Crippen LogP contribution is 2.34. The molecule has 210 valence electrons. The number of alkyl halides is 1. The van der Waals surface area contributed by atoms with Crippen molar-refractivity contribution in [2.24, 2.45) is 0 Å². The molecule has 3 aromatic heterocycles. The third-order valence-electron chi connectivity index (χ3n) is 7.06. The fraction of sp³-hybridized carbons (Fsp3) is 0.370. The van der Waals surface area contributed by atoms with Gasteiger partial charge in [0.2, 0.25) is 5.95 Å². The topological polar surface area (TPSA) is 112 Å². The highest BCUT2D eigenvalue weighted by Gasteiger charge is 2.33. The Kier molecular flexibility index (Phi) is 7.83. The lowest BCUT2D eigenvalue weighted by Crippen LogP contribution is -2.43. The number of nitrogens with zero attached hydrogens (tertiary/aromatic N) is 7. The van der Waals surface area contributed by atoms with Crippen molar-refractivity contribution in [3.8, 4) is 0 Å². The van der Waals surface area contributed by atoms with Crippen LogP contribution in [-0.4, -0.2) is 79.9 Å². The third kappa shape index (κ3) is 5.28. The number of nitrogens with one attached hydrogen (secondary N) is 1. The molecule has 4 heterocycles. The molecule has 1 aliphatic rings. The first-order valence-corrected chi connectivity index (χ1v) is 12.9. The van der Waals surface area contributed by atoms with Gasteiger partial charge in [0.15, 0.2) is 5.82 Å². The minimum atomic E-state index is -1.35. The van der Waals surface area contributed by atoms with E-state index in [0.717, 1.165) is 18.1 Å². The summed E-state index contributed by atoms with van der Waals surface area (Å²) in [6, 6.07) is 3.14. The van der Waals surface area contributed by atoms with Crippen LogP contribution in [0.1, 0.15) is 35.3 Å². The summed E-state index contributed by atoms with van der Waals surface area (Å²) < 4.78 is 47.1. The molecule has 0 spiro atoms. The largest absolute Gasteiger partial charge is 0.395 e. The Morgan fingerprint density at radius 3 is 2.62 bits per heavy atom. The van der Waals surface area contributed by atoms with E-state index in [1.54, 1.807) is 17.3 Å². The monoisotopic (exact) mass is 554 g/mol. The quantitative estimate of drug-likeness (QED) is 0.340. The van der Waals surface area contributed by atoms with E-state index in [-0.39, 0.29) is 47.8 Å². The molecule has 1 aliphatic heterocycles. The van der Waals surface area contributed by atoms with E-state index in [1.807, 2.05) is 6.92 Å². The van der Waals surface area contributed by atoms with Crippen molar-refractivity contribution >= 4 is 34.4 Å². The van der Waals surface area contributed by atoms with Crippen LogP contribution in [0, 0.1) is 11.6 Å². The van der Waals surface area contributed by atoms with Crippen LogP contribution in [0.3, 0.4) is 0 Å². The first-order chi connectivity index (χ1) is 19.3. The van der Waals surface area contributed by atoms with Crippen molar-refractivity contribution in [2.45, 2.75) is 32.0 Å². The van der Waals surface area contributed by atoms with Gasteiger partial charge in [-0.25, -0.2) is 33.1 Å². The number of aliphatic hydroxyl groups excluding tert-OH is 1. The molecule has 40 heavy (non-hydrogen) atoms. The molecule has 1 fully saturated rings. The molecule has 2 atom stereocenters. The van der Waals surface area contributed by atoms with Crippen molar-refractivity contribution in [2.75, 3.05) is 43.5 Å². The van der Waals surface area contributed by atoms with Crippen molar-refractivity contribution in [3.05, 3.63) is 65.9 Å². The van der Waals surface area contributed by atoms with Crippen LogP contribution in [0.15, 0.2) is 43.1 Å². The molecule has 1 amide bonds. The molecule has 0 aliphatic carbocycles. The van der Waals surface area contributed by atoms with Gasteiger partial charge in [0.25, 0.3) is 5.91 Å². The number of rotatable bonds is 8. The number of hydrogen-bond acceptors (Lipinski definition) is 8. The Balaban J connectivity index is 1.37. The van der Waals surface area contributed by atoms with E-state index in [4.69, 9.17) is 5.11 Å². The van der Waals surface area contributed by atoms with E-state index in [0.29, 0.717) is 18.9 Å². The summed E-state index contributed by atoms with van der Waals surface area (Å²) >= 11 is 0. The molecular formula is C27H29F3N8O2. The van der Waals surface area contributed by atoms with Crippen molar-refractivity contribution in [3.63, 3.8) is 0 Å². The van der Waals surface area contributed by atoms with Gasteiger partial charge in [0.05, 0.1) is 30.3 Å². The predicted molar refractivity (Wildman–Crippen MR) is 143 cm³/mol. The standard InChI is InChI=1S/C27H29F3N8O2/c1-3-16-11-31-27(32-12-16)37-7-6-22(19(29)13-37)38-14-20(30)23-24(33-15-34-25(23)38)35-21-5-4-17(10-18(21)28)26(40)36(2)8-9-39/h4-5,10-12,14-15,19,22,39H,3,6-9,13H2,1-2H3,(H,33,34,35)/t19-,22-/m1/s1. The van der Waals surface area contributed by atoms with Crippen molar-refractivity contribution in [1.29, 1.82) is 0 Å². The lowest BCUT2D eigenvalue weighted by atomic mass is 10.0. The molecule has 10 nitrogen and oxygen atoms in total. The van der Waals surface area contributed by atoms with Crippen LogP contribution in [0.5, 0.6) is 0 Å². The highest BCUT2D eigenvalue weighted by molar-refractivity contribution is 5.95. The molecule has 5 rings (SSSR count). The van der Waals surface area contributed by atoms with E-state index in [1.165, 1.54) is 41.2 Å². The zero-order chi connectivity index (χ0) is 28.4. The Bertz CT molecular complexity index is 1510. The summed E-state index contributed by atoms with van der Waals surface area (Å²) in [7, 11) is 1.50. The summed E-state index contributed by atoms with van der Waals surface area (Å²) in [6.07, 6.45) is 5.67. The second-order valence-corrected chi connectivity index (χ2v) is 9.64. The molecule has 1 aromatic carbocycles. The first kappa shape index (κ1) is 27.3. The SMILES string of the molecule is CCc1cnc(N2CC[C@@H](n3cc(F)c4c(Nc5ccc(C(=O)N(C)CCO)cc5F)ncnc43)[C@H](F)C2)nc1. The van der Waals surface area contributed by atoms with Gasteiger partial charge >= 0.3 is 0 Å². The maximum atomic E-state index is 15.5. The summed E-state index contributed by atoms with van der Waals surface area (Å²) in [5.74, 6) is -1.42. The average Bonchev–Trinajstić information content (AvgIpc) is 3.30. The molecule has 4 aromatic rings. The normalized spacial score (nSPS) is 17.3. The predicted octanol–water partition coefficient (Wildman–Crippen LogP) is 3.66. The van der Waals surface area contributed by atoms with Gasteiger partial charge in [-0.15, -0.1) is 0 Å². The molecule has 0 saturated carbocycles. The Labute approximate surface area is 228 Å². The van der Waals surface area contributed by atoms with Crippen LogP contribution < -0.4 is 10.2 Å². The number of aryl methyl sites for hydroxylation is 1. The van der Waals surface area contributed by atoms with Gasteiger partial charge in [-0.05, 0) is 36.6 Å². The van der Waals surface area contributed by atoms with Crippen LogP contribution in [0.4, 0.5) is 30.6 Å². The van der Waals surface area contributed by atoms with Gasteiger partial charge in [-0.3, -0.25) is 4.79 Å². The minimum Gasteiger partial charge on any atom is -0.395 e. The van der Waals surface area contributed by atoms with Gasteiger partial charge in [0, 0.05) is 44.3 Å². The number of aromatic nitrogens is 5. The van der Waals surface area contributed by atoms with Crippen molar-refractivity contribution in [1.82, 2.24) is 29.4 Å². The number of fused-ring (bicyclic) bond motifs is 1. The van der Waals surface area contributed by atoms with Crippen LogP contribution in [0.25, 0.3) is 11.0 Å². The zero-order valence-electron chi connectivity index (χ0n) is 22.1. The summed E-state index contributed by atoms with van der Waals surface area (Å²) in [5, 5.41) is 11.8. The fourth-order valence-electron chi connectivity index (χ4n) is 4.82. The van der Waals surface area contributed by atoms with E-state index in [9.17, 15) is 9.18 Å². The maximum absolute atomic E-state index is 15.5. The number of likely N-dealkylation sites (N-methyl/N-ethyl adjacent to an activating group) is 1. The van der Waals surface area contributed by atoms with Gasteiger partial charge in [-0.1, -0.05) is 6.92 Å². The van der Waals surface area contributed by atoms with Gasteiger partial charge < -0.3 is 24.8 Å². The average molecular weight is 555 g/mol. The smallest absolute Gasteiger partial charge is 0.253 e. The van der Waals surface area contributed by atoms with Gasteiger partial charge in [0.1, 0.15) is 29.8 Å². The number of anilines is 3. The van der Waals surface area contributed by atoms with Crippen molar-refractivity contribution < 1.29 is 23.1 Å². The Hall–Kier alpha value is -4.26. The lowest BCUT2D eigenvalue weighted by molar-refractivity contribution is 0.0766. The summed E-state index contributed by atoms with van der Waals surface area (Å²) in [4.78, 5) is 32.4. The van der Waals surface area contributed by atoms with E-state index < -0.39 is 29.8 Å². The number of carbonyl (C=O) groups excluding carboxylic acids is 1. The number of carbonyl (C=O) groups is 1. The number of benzene rings is 1. The lowest BCUT2D eigenvalue weighted by Gasteiger charge is -2.35. The Morgan fingerprint density at radius 1 is 1.18 bits per heavy atom. The summed E-state index contributed by atoms with van der Waals surface area (Å²) in [6.45, 7) is 2.40. The van der Waals surface area contributed by atoms with Crippen LogP contribution in [0.2, 0.25) is 0 Å². The number of halogens is 3. The molecule has 0 bridgehead atoms. The van der Waals surface area contributed by atoms with E-state index >= 15 is 8.78 Å². The molecule has 13 heteroatoms. The second kappa shape index (κ2) is 11.5. The number of aliphatic hydroxyl groups is 1. The highest BCUT2D eigenvalue weighted by atomic mass is 19.1. The Morgan fingerprint density at radius 2 is 1.95 bits per heavy atom. The third-order valence-corrected chi connectivity index (χ3v) is 7.06. The molecule has 0 unspecified atom stereocenters. The minimum absolute atomic E-state index is 0.00199. The zero-order valence-corrected chi connectivity index (χ0v) is 22.1. The van der Waals surface area contributed by atoms with Crippen LogP contribution >= 0.6 is 0 Å². The first-order valence-electron chi connectivity index (χ1n) is 12.9. The summed E-state index contributed by atoms with van der Waals surface area (Å²) in [5.41, 5.74) is 1.23.